The zero-order valence-electron chi connectivity index (χ0n) is 13.0. The third-order valence-electron chi connectivity index (χ3n) is 3.33. The molecule has 0 bridgehead atoms. The number of hydrogen-bond acceptors (Lipinski definition) is 5. The predicted octanol–water partition coefficient (Wildman–Crippen LogP) is 3.57. The van der Waals surface area contributed by atoms with E-state index in [0.29, 0.717) is 18.8 Å². The SMILES string of the molecule is Cc1ccc(OCCNc2ccc(C#N)cc2[N+](=O)[O-])c(C)c1. The van der Waals surface area contributed by atoms with Crippen molar-refractivity contribution in [3.05, 3.63) is 63.2 Å². The van der Waals surface area contributed by atoms with E-state index in [1.54, 1.807) is 6.07 Å². The van der Waals surface area contributed by atoms with Gasteiger partial charge in [-0.2, -0.15) is 5.26 Å². The highest BCUT2D eigenvalue weighted by Gasteiger charge is 2.14. The van der Waals surface area contributed by atoms with Crippen LogP contribution in [0, 0.1) is 35.3 Å². The van der Waals surface area contributed by atoms with Crippen LogP contribution in [0.25, 0.3) is 0 Å². The van der Waals surface area contributed by atoms with Crippen molar-refractivity contribution < 1.29 is 9.66 Å². The average Bonchev–Trinajstić information content (AvgIpc) is 2.53. The molecule has 2 aromatic rings. The molecule has 0 saturated heterocycles. The van der Waals surface area contributed by atoms with Gasteiger partial charge in [-0.25, -0.2) is 0 Å². The molecule has 1 N–H and O–H groups in total. The number of hydrogen-bond donors (Lipinski definition) is 1. The number of nitro groups is 1. The van der Waals surface area contributed by atoms with Crippen LogP contribution < -0.4 is 10.1 Å². The second-order valence-corrected chi connectivity index (χ2v) is 5.15. The number of rotatable bonds is 6. The Morgan fingerprint density at radius 1 is 1.26 bits per heavy atom. The van der Waals surface area contributed by atoms with Gasteiger partial charge >= 0.3 is 0 Å². The molecule has 0 fully saturated rings. The molecule has 2 aromatic carbocycles. The maximum Gasteiger partial charge on any atom is 0.293 e. The Bertz CT molecular complexity index is 766. The van der Waals surface area contributed by atoms with Gasteiger partial charge in [0.15, 0.2) is 0 Å². The van der Waals surface area contributed by atoms with E-state index >= 15 is 0 Å². The van der Waals surface area contributed by atoms with E-state index in [-0.39, 0.29) is 11.3 Å². The molecular formula is C17H17N3O3. The van der Waals surface area contributed by atoms with Crippen molar-refractivity contribution in [3.63, 3.8) is 0 Å². The van der Waals surface area contributed by atoms with Gasteiger partial charge in [0.25, 0.3) is 5.69 Å². The first-order valence-electron chi connectivity index (χ1n) is 7.13. The Hall–Kier alpha value is -3.07. The fourth-order valence-electron chi connectivity index (χ4n) is 2.21. The number of ether oxygens (including phenoxy) is 1. The molecule has 23 heavy (non-hydrogen) atoms. The molecule has 118 valence electrons. The normalized spacial score (nSPS) is 9.96. The van der Waals surface area contributed by atoms with E-state index in [4.69, 9.17) is 10.00 Å². The number of aryl methyl sites for hydroxylation is 2. The zero-order chi connectivity index (χ0) is 16.8. The minimum absolute atomic E-state index is 0.115. The Morgan fingerprint density at radius 2 is 2.04 bits per heavy atom. The summed E-state index contributed by atoms with van der Waals surface area (Å²) in [6.07, 6.45) is 0. The van der Waals surface area contributed by atoms with Crippen LogP contribution in [0.1, 0.15) is 16.7 Å². The summed E-state index contributed by atoms with van der Waals surface area (Å²) in [7, 11) is 0. The number of nitrogens with zero attached hydrogens (tertiary/aromatic N) is 2. The van der Waals surface area contributed by atoms with Crippen LogP contribution >= 0.6 is 0 Å². The number of nitrogens with one attached hydrogen (secondary N) is 1. The van der Waals surface area contributed by atoms with Crippen LogP contribution in [0.15, 0.2) is 36.4 Å². The van der Waals surface area contributed by atoms with E-state index in [1.165, 1.54) is 17.7 Å². The molecule has 0 atom stereocenters. The van der Waals surface area contributed by atoms with Gasteiger partial charge in [0.1, 0.15) is 18.0 Å². The molecule has 0 spiro atoms. The van der Waals surface area contributed by atoms with Crippen molar-refractivity contribution in [1.29, 1.82) is 5.26 Å². The standard InChI is InChI=1S/C17H17N3O3/c1-12-3-6-17(13(2)9-12)23-8-7-19-15-5-4-14(11-18)10-16(15)20(21)22/h3-6,9-10,19H,7-8H2,1-2H3. The third kappa shape index (κ3) is 4.20. The first kappa shape index (κ1) is 16.3. The Balaban J connectivity index is 1.96. The Kier molecular flexibility index (Phi) is 5.15. The molecule has 0 aliphatic rings. The summed E-state index contributed by atoms with van der Waals surface area (Å²) in [5, 5.41) is 22.8. The van der Waals surface area contributed by atoms with E-state index < -0.39 is 4.92 Å². The number of nitriles is 1. The maximum absolute atomic E-state index is 11.0. The van der Waals surface area contributed by atoms with Gasteiger partial charge in [-0.1, -0.05) is 17.7 Å². The van der Waals surface area contributed by atoms with Crippen LogP contribution in [0.2, 0.25) is 0 Å². The van der Waals surface area contributed by atoms with Crippen molar-refractivity contribution in [2.75, 3.05) is 18.5 Å². The van der Waals surface area contributed by atoms with Gasteiger partial charge in [-0.3, -0.25) is 10.1 Å². The lowest BCUT2D eigenvalue weighted by Gasteiger charge is -2.11. The van der Waals surface area contributed by atoms with Crippen molar-refractivity contribution >= 4 is 11.4 Å². The number of nitro benzene ring substituents is 1. The molecule has 0 radical (unpaired) electrons. The third-order valence-corrected chi connectivity index (χ3v) is 3.33. The molecular weight excluding hydrogens is 294 g/mol. The van der Waals surface area contributed by atoms with Gasteiger partial charge in [0.05, 0.1) is 16.6 Å². The summed E-state index contributed by atoms with van der Waals surface area (Å²) in [5.41, 5.74) is 2.73. The molecule has 0 aliphatic carbocycles. The Morgan fingerprint density at radius 3 is 2.70 bits per heavy atom. The van der Waals surface area contributed by atoms with Crippen molar-refractivity contribution in [1.82, 2.24) is 0 Å². The van der Waals surface area contributed by atoms with Crippen LogP contribution in [0.4, 0.5) is 11.4 Å². The molecule has 0 amide bonds. The maximum atomic E-state index is 11.0. The summed E-state index contributed by atoms with van der Waals surface area (Å²) in [4.78, 5) is 10.5. The second-order valence-electron chi connectivity index (χ2n) is 5.15. The van der Waals surface area contributed by atoms with E-state index in [0.717, 1.165) is 11.3 Å². The predicted molar refractivity (Wildman–Crippen MR) is 87.7 cm³/mol. The zero-order valence-corrected chi connectivity index (χ0v) is 13.0. The molecule has 0 saturated carbocycles. The minimum atomic E-state index is -0.506. The lowest BCUT2D eigenvalue weighted by Crippen LogP contribution is -2.13. The van der Waals surface area contributed by atoms with Crippen LogP contribution in [-0.2, 0) is 0 Å². The average molecular weight is 311 g/mol. The Labute approximate surface area is 134 Å². The summed E-state index contributed by atoms with van der Waals surface area (Å²) in [5.74, 6) is 0.798. The summed E-state index contributed by atoms with van der Waals surface area (Å²) >= 11 is 0. The molecule has 6 heteroatoms. The van der Waals surface area contributed by atoms with Gasteiger partial charge in [-0.05, 0) is 37.6 Å². The molecule has 0 heterocycles. The smallest absolute Gasteiger partial charge is 0.293 e. The topological polar surface area (TPSA) is 88.2 Å². The van der Waals surface area contributed by atoms with E-state index in [9.17, 15) is 10.1 Å². The molecule has 0 unspecified atom stereocenters. The molecule has 0 aromatic heterocycles. The van der Waals surface area contributed by atoms with Gasteiger partial charge in [0.2, 0.25) is 0 Å². The van der Waals surface area contributed by atoms with Gasteiger partial charge in [-0.15, -0.1) is 0 Å². The quantitative estimate of drug-likeness (QED) is 0.500. The van der Waals surface area contributed by atoms with Gasteiger partial charge < -0.3 is 10.1 Å². The van der Waals surface area contributed by atoms with Crippen LogP contribution in [0.5, 0.6) is 5.75 Å². The highest BCUT2D eigenvalue weighted by atomic mass is 16.6. The second kappa shape index (κ2) is 7.27. The number of anilines is 1. The largest absolute Gasteiger partial charge is 0.491 e. The first-order chi connectivity index (χ1) is 11.0. The van der Waals surface area contributed by atoms with E-state index in [1.807, 2.05) is 38.1 Å². The fourth-order valence-corrected chi connectivity index (χ4v) is 2.21. The summed E-state index contributed by atoms with van der Waals surface area (Å²) < 4.78 is 5.67. The van der Waals surface area contributed by atoms with Crippen molar-refractivity contribution in [2.45, 2.75) is 13.8 Å². The highest BCUT2D eigenvalue weighted by Crippen LogP contribution is 2.25. The van der Waals surface area contributed by atoms with Crippen LogP contribution in [-0.4, -0.2) is 18.1 Å². The molecule has 0 aliphatic heterocycles. The highest BCUT2D eigenvalue weighted by molar-refractivity contribution is 5.64. The first-order valence-corrected chi connectivity index (χ1v) is 7.13. The van der Waals surface area contributed by atoms with Crippen molar-refractivity contribution in [2.24, 2.45) is 0 Å². The van der Waals surface area contributed by atoms with Gasteiger partial charge in [0, 0.05) is 12.6 Å². The molecule has 6 nitrogen and oxygen atoms in total. The fraction of sp³-hybridized carbons (Fsp3) is 0.235. The van der Waals surface area contributed by atoms with Crippen LogP contribution in [0.3, 0.4) is 0 Å². The minimum Gasteiger partial charge on any atom is -0.491 e. The van der Waals surface area contributed by atoms with E-state index in [2.05, 4.69) is 5.32 Å². The lowest BCUT2D eigenvalue weighted by molar-refractivity contribution is -0.384. The monoisotopic (exact) mass is 311 g/mol. The lowest BCUT2D eigenvalue weighted by atomic mass is 10.1. The van der Waals surface area contributed by atoms with Crippen molar-refractivity contribution in [3.8, 4) is 11.8 Å². The number of benzene rings is 2. The summed E-state index contributed by atoms with van der Waals surface area (Å²) in [6, 6.07) is 12.1. The summed E-state index contributed by atoms with van der Waals surface area (Å²) in [6.45, 7) is 4.78. The molecule has 2 rings (SSSR count).